The molecule has 0 saturated heterocycles. The van der Waals surface area contributed by atoms with Crippen LogP contribution in [0.3, 0.4) is 0 Å². The Kier molecular flexibility index (Phi) is 4.76. The summed E-state index contributed by atoms with van der Waals surface area (Å²) < 4.78 is 34.5. The zero-order chi connectivity index (χ0) is 10.5. The van der Waals surface area contributed by atoms with Crippen molar-refractivity contribution in [1.82, 2.24) is 5.48 Å². The van der Waals surface area contributed by atoms with E-state index in [1.54, 1.807) is 19.3 Å². The third kappa shape index (κ3) is 6.39. The van der Waals surface area contributed by atoms with Crippen LogP contribution >= 0.6 is 0 Å². The predicted molar refractivity (Wildman–Crippen MR) is 39.6 cm³/mol. The van der Waals surface area contributed by atoms with Gasteiger partial charge in [-0.2, -0.15) is 13.2 Å². The second-order valence-corrected chi connectivity index (χ2v) is 2.68. The Morgan fingerprint density at radius 3 is 2.46 bits per heavy atom. The molecule has 0 aliphatic rings. The molecule has 1 unspecified atom stereocenters. The van der Waals surface area contributed by atoms with Crippen LogP contribution in [0.1, 0.15) is 20.3 Å². The van der Waals surface area contributed by atoms with E-state index in [9.17, 15) is 18.0 Å². The maximum absolute atomic E-state index is 11.5. The lowest BCUT2D eigenvalue weighted by atomic mass is 10.1. The summed E-state index contributed by atoms with van der Waals surface area (Å²) in [5, 5.41) is 0. The van der Waals surface area contributed by atoms with Crippen LogP contribution in [-0.2, 0) is 9.63 Å². The van der Waals surface area contributed by atoms with Crippen molar-refractivity contribution in [3.8, 4) is 0 Å². The number of hydroxylamine groups is 1. The Bertz CT molecular complexity index is 170. The zero-order valence-electron chi connectivity index (χ0n) is 7.44. The van der Waals surface area contributed by atoms with Crippen molar-refractivity contribution in [2.45, 2.75) is 26.4 Å². The van der Waals surface area contributed by atoms with Gasteiger partial charge in [-0.25, -0.2) is 5.48 Å². The van der Waals surface area contributed by atoms with Crippen molar-refractivity contribution in [3.63, 3.8) is 0 Å². The quantitative estimate of drug-likeness (QED) is 0.699. The van der Waals surface area contributed by atoms with Gasteiger partial charge >= 0.3 is 6.18 Å². The third-order valence-electron chi connectivity index (χ3n) is 1.47. The Morgan fingerprint density at radius 1 is 1.54 bits per heavy atom. The summed E-state index contributed by atoms with van der Waals surface area (Å²) in [6.07, 6.45) is -3.86. The molecule has 78 valence electrons. The van der Waals surface area contributed by atoms with Crippen molar-refractivity contribution >= 4 is 5.91 Å². The molecule has 6 heteroatoms. The number of halogens is 3. The van der Waals surface area contributed by atoms with Gasteiger partial charge in [0.15, 0.2) is 6.61 Å². The molecular formula is C7H12F3NO2. The lowest BCUT2D eigenvalue weighted by Crippen LogP contribution is -2.32. The average molecular weight is 199 g/mol. The van der Waals surface area contributed by atoms with Crippen molar-refractivity contribution in [2.75, 3.05) is 6.61 Å². The number of carbonyl (C=O) groups is 1. The largest absolute Gasteiger partial charge is 0.414 e. The number of hydrogen-bond donors (Lipinski definition) is 1. The SMILES string of the molecule is CCC(C)C(=O)NOCC(F)(F)F. The molecule has 3 nitrogen and oxygen atoms in total. The van der Waals surface area contributed by atoms with Gasteiger partial charge in [-0.3, -0.25) is 9.63 Å². The molecule has 0 aliphatic carbocycles. The van der Waals surface area contributed by atoms with E-state index in [-0.39, 0.29) is 5.92 Å². The molecule has 0 radical (unpaired) electrons. The van der Waals surface area contributed by atoms with Gasteiger partial charge in [0, 0.05) is 5.92 Å². The number of hydrogen-bond acceptors (Lipinski definition) is 2. The van der Waals surface area contributed by atoms with Crippen LogP contribution in [0.15, 0.2) is 0 Å². The van der Waals surface area contributed by atoms with E-state index in [0.29, 0.717) is 6.42 Å². The topological polar surface area (TPSA) is 38.3 Å². The molecule has 1 N–H and O–H groups in total. The molecule has 0 saturated carbocycles. The van der Waals surface area contributed by atoms with E-state index in [1.807, 2.05) is 0 Å². The van der Waals surface area contributed by atoms with Crippen LogP contribution < -0.4 is 5.48 Å². The Balaban J connectivity index is 3.60. The summed E-state index contributed by atoms with van der Waals surface area (Å²) in [4.78, 5) is 14.8. The van der Waals surface area contributed by atoms with Gasteiger partial charge in [0.05, 0.1) is 0 Å². The van der Waals surface area contributed by atoms with E-state index in [1.165, 1.54) is 0 Å². The molecule has 0 aromatic heterocycles. The highest BCUT2D eigenvalue weighted by Gasteiger charge is 2.28. The van der Waals surface area contributed by atoms with Crippen molar-refractivity contribution in [2.24, 2.45) is 5.92 Å². The van der Waals surface area contributed by atoms with Crippen LogP contribution in [0, 0.1) is 5.92 Å². The van der Waals surface area contributed by atoms with Crippen molar-refractivity contribution < 1.29 is 22.8 Å². The van der Waals surface area contributed by atoms with E-state index in [4.69, 9.17) is 0 Å². The van der Waals surface area contributed by atoms with Gasteiger partial charge in [0.25, 0.3) is 0 Å². The number of carbonyl (C=O) groups excluding carboxylic acids is 1. The molecule has 13 heavy (non-hydrogen) atoms. The molecule has 1 amide bonds. The summed E-state index contributed by atoms with van der Waals surface area (Å²) in [5.41, 5.74) is 1.73. The highest BCUT2D eigenvalue weighted by atomic mass is 19.4. The predicted octanol–water partition coefficient (Wildman–Crippen LogP) is 1.64. The smallest absolute Gasteiger partial charge is 0.273 e. The lowest BCUT2D eigenvalue weighted by molar-refractivity contribution is -0.192. The van der Waals surface area contributed by atoms with Crippen molar-refractivity contribution in [3.05, 3.63) is 0 Å². The van der Waals surface area contributed by atoms with Crippen LogP contribution in [0.25, 0.3) is 0 Å². The number of alkyl halides is 3. The average Bonchev–Trinajstić information content (AvgIpc) is 2.00. The maximum atomic E-state index is 11.5. The van der Waals surface area contributed by atoms with Gasteiger partial charge in [0.2, 0.25) is 5.91 Å². The highest BCUT2D eigenvalue weighted by molar-refractivity contribution is 5.77. The second-order valence-electron chi connectivity index (χ2n) is 2.68. The summed E-state index contributed by atoms with van der Waals surface area (Å²) in [7, 11) is 0. The van der Waals surface area contributed by atoms with E-state index >= 15 is 0 Å². The minimum atomic E-state index is -4.41. The molecule has 0 aliphatic heterocycles. The third-order valence-corrected chi connectivity index (χ3v) is 1.47. The molecule has 0 bridgehead atoms. The fourth-order valence-electron chi connectivity index (χ4n) is 0.475. The first-order valence-electron chi connectivity index (χ1n) is 3.85. The maximum Gasteiger partial charge on any atom is 0.414 e. The number of rotatable bonds is 4. The first-order valence-corrected chi connectivity index (χ1v) is 3.85. The van der Waals surface area contributed by atoms with Crippen LogP contribution in [0.2, 0.25) is 0 Å². The molecule has 0 rings (SSSR count). The Morgan fingerprint density at radius 2 is 2.08 bits per heavy atom. The van der Waals surface area contributed by atoms with E-state index in [2.05, 4.69) is 4.84 Å². The van der Waals surface area contributed by atoms with E-state index < -0.39 is 18.7 Å². The highest BCUT2D eigenvalue weighted by Crippen LogP contribution is 2.13. The van der Waals surface area contributed by atoms with Crippen LogP contribution in [0.5, 0.6) is 0 Å². The monoisotopic (exact) mass is 199 g/mol. The summed E-state index contributed by atoms with van der Waals surface area (Å²) >= 11 is 0. The molecule has 0 fully saturated rings. The van der Waals surface area contributed by atoms with Gasteiger partial charge in [-0.05, 0) is 6.42 Å². The fraction of sp³-hybridized carbons (Fsp3) is 0.857. The van der Waals surface area contributed by atoms with Crippen LogP contribution in [-0.4, -0.2) is 18.7 Å². The normalized spacial score (nSPS) is 13.9. The second kappa shape index (κ2) is 5.06. The summed E-state index contributed by atoms with van der Waals surface area (Å²) in [6, 6.07) is 0. The Labute approximate surface area is 74.2 Å². The first-order chi connectivity index (χ1) is 5.87. The summed E-state index contributed by atoms with van der Waals surface area (Å²) in [6.45, 7) is 1.90. The van der Waals surface area contributed by atoms with Crippen molar-refractivity contribution in [1.29, 1.82) is 0 Å². The molecular weight excluding hydrogens is 187 g/mol. The number of amides is 1. The molecule has 1 atom stereocenters. The van der Waals surface area contributed by atoms with Gasteiger partial charge in [0.1, 0.15) is 0 Å². The molecule has 0 heterocycles. The lowest BCUT2D eigenvalue weighted by Gasteiger charge is -2.10. The number of nitrogens with one attached hydrogen (secondary N) is 1. The zero-order valence-corrected chi connectivity index (χ0v) is 7.44. The van der Waals surface area contributed by atoms with Gasteiger partial charge in [-0.1, -0.05) is 13.8 Å². The minimum absolute atomic E-state index is 0.340. The minimum Gasteiger partial charge on any atom is -0.273 e. The standard InChI is InChI=1S/C7H12F3NO2/c1-3-5(2)6(12)11-13-4-7(8,9)10/h5H,3-4H2,1-2H3,(H,11,12). The van der Waals surface area contributed by atoms with Gasteiger partial charge < -0.3 is 0 Å². The molecule has 0 aromatic carbocycles. The molecule has 0 spiro atoms. The van der Waals surface area contributed by atoms with Crippen LogP contribution in [0.4, 0.5) is 13.2 Å². The van der Waals surface area contributed by atoms with Gasteiger partial charge in [-0.15, -0.1) is 0 Å². The first kappa shape index (κ1) is 12.2. The molecule has 0 aromatic rings. The summed E-state index contributed by atoms with van der Waals surface area (Å²) in [5.74, 6) is -0.875. The Hall–Kier alpha value is -0.780. The fourth-order valence-corrected chi connectivity index (χ4v) is 0.475. The van der Waals surface area contributed by atoms with E-state index in [0.717, 1.165) is 0 Å².